The molecule has 2 aliphatic carbocycles. The fourth-order valence-electron chi connectivity index (χ4n) is 5.00. The Kier molecular flexibility index (Phi) is 4.98. The molecule has 30 heavy (non-hydrogen) atoms. The van der Waals surface area contributed by atoms with Crippen LogP contribution in [0.4, 0.5) is 0 Å². The summed E-state index contributed by atoms with van der Waals surface area (Å²) in [5.41, 5.74) is 0. The molecule has 0 radical (unpaired) electrons. The van der Waals surface area contributed by atoms with Gasteiger partial charge in [0.1, 0.15) is 11.6 Å². The zero-order valence-corrected chi connectivity index (χ0v) is 16.9. The molecule has 1 aromatic carbocycles. The van der Waals surface area contributed by atoms with Crippen molar-refractivity contribution in [2.75, 3.05) is 0 Å². The van der Waals surface area contributed by atoms with Crippen molar-refractivity contribution in [1.29, 1.82) is 0 Å². The lowest BCUT2D eigenvalue weighted by Crippen LogP contribution is -2.37. The smallest absolute Gasteiger partial charge is 0.230 e. The molecule has 1 amide bonds. The molecule has 8 heteroatoms. The molecule has 0 aliphatic heterocycles. The van der Waals surface area contributed by atoms with Gasteiger partial charge >= 0.3 is 0 Å². The van der Waals surface area contributed by atoms with Gasteiger partial charge in [0.05, 0.1) is 18.4 Å². The van der Waals surface area contributed by atoms with Crippen LogP contribution in [0.15, 0.2) is 47.2 Å². The first-order valence-corrected chi connectivity index (χ1v) is 10.4. The van der Waals surface area contributed by atoms with E-state index in [1.54, 1.807) is 6.20 Å². The SMILES string of the molecule is Cn1ccnc1CNC(=O)[C@H]1[C@H]2CC[C@H](C2)[C@@H]1c1nc(COc2ccccc2)no1. The quantitative estimate of drug-likeness (QED) is 0.647. The number of nitrogens with one attached hydrogen (secondary N) is 1. The molecule has 2 aromatic heterocycles. The Bertz CT molecular complexity index is 1010. The van der Waals surface area contributed by atoms with E-state index in [-0.39, 0.29) is 24.3 Å². The molecular formula is C22H25N5O3. The van der Waals surface area contributed by atoms with E-state index < -0.39 is 0 Å². The van der Waals surface area contributed by atoms with E-state index in [1.807, 2.05) is 48.1 Å². The van der Waals surface area contributed by atoms with Crippen LogP contribution >= 0.6 is 0 Å². The van der Waals surface area contributed by atoms with Gasteiger partial charge in [-0.05, 0) is 43.2 Å². The summed E-state index contributed by atoms with van der Waals surface area (Å²) in [6.45, 7) is 0.660. The third kappa shape index (κ3) is 3.58. The largest absolute Gasteiger partial charge is 0.485 e. The number of benzene rings is 1. The van der Waals surface area contributed by atoms with Crippen molar-refractivity contribution in [2.24, 2.45) is 24.8 Å². The van der Waals surface area contributed by atoms with Crippen molar-refractivity contribution in [1.82, 2.24) is 25.0 Å². The van der Waals surface area contributed by atoms with Crippen LogP contribution in [0.5, 0.6) is 5.75 Å². The van der Waals surface area contributed by atoms with Gasteiger partial charge in [0.15, 0.2) is 6.61 Å². The van der Waals surface area contributed by atoms with Crippen LogP contribution < -0.4 is 10.1 Å². The van der Waals surface area contributed by atoms with Crippen LogP contribution in [0, 0.1) is 17.8 Å². The second-order valence-electron chi connectivity index (χ2n) is 8.21. The molecule has 3 aromatic rings. The number of aromatic nitrogens is 4. The van der Waals surface area contributed by atoms with Crippen LogP contribution in [-0.2, 0) is 25.0 Å². The highest BCUT2D eigenvalue weighted by Crippen LogP contribution is 2.56. The van der Waals surface area contributed by atoms with E-state index in [0.29, 0.717) is 30.1 Å². The van der Waals surface area contributed by atoms with Gasteiger partial charge in [0.25, 0.3) is 0 Å². The number of nitrogens with zero attached hydrogens (tertiary/aromatic N) is 4. The number of hydrogen-bond donors (Lipinski definition) is 1. The van der Waals surface area contributed by atoms with Crippen molar-refractivity contribution < 1.29 is 14.1 Å². The highest BCUT2D eigenvalue weighted by Gasteiger charge is 2.53. The number of imidazole rings is 1. The Morgan fingerprint density at radius 1 is 1.27 bits per heavy atom. The number of hydrogen-bond acceptors (Lipinski definition) is 6. The van der Waals surface area contributed by atoms with Crippen LogP contribution in [0.2, 0.25) is 0 Å². The summed E-state index contributed by atoms with van der Waals surface area (Å²) < 4.78 is 13.2. The standard InChI is InChI=1S/C22H25N5O3/c1-27-10-9-23-18(27)12-24-21(28)19-14-7-8-15(11-14)20(19)22-25-17(26-30-22)13-29-16-5-3-2-4-6-16/h2-6,9-10,14-15,19-20H,7-8,11-13H2,1H3,(H,24,28)/t14-,15+,19-,20-/m0/s1. The highest BCUT2D eigenvalue weighted by molar-refractivity contribution is 5.80. The molecule has 156 valence electrons. The lowest BCUT2D eigenvalue weighted by Gasteiger charge is -2.27. The average molecular weight is 407 g/mol. The molecule has 2 bridgehead atoms. The maximum absolute atomic E-state index is 13.1. The van der Waals surface area contributed by atoms with Crippen molar-refractivity contribution >= 4 is 5.91 Å². The molecule has 1 N–H and O–H groups in total. The highest BCUT2D eigenvalue weighted by atomic mass is 16.5. The fraction of sp³-hybridized carbons (Fsp3) is 0.455. The number of fused-ring (bicyclic) bond motifs is 2. The Labute approximate surface area is 174 Å². The second kappa shape index (κ2) is 7.93. The fourth-order valence-corrected chi connectivity index (χ4v) is 5.00. The molecule has 2 aliphatic rings. The zero-order chi connectivity index (χ0) is 20.5. The van der Waals surface area contributed by atoms with E-state index in [1.165, 1.54) is 0 Å². The summed E-state index contributed by atoms with van der Waals surface area (Å²) in [6.07, 6.45) is 6.85. The topological polar surface area (TPSA) is 95.1 Å². The van der Waals surface area contributed by atoms with Gasteiger partial charge in [-0.1, -0.05) is 23.4 Å². The Hall–Kier alpha value is -3.16. The van der Waals surface area contributed by atoms with Crippen LogP contribution in [0.25, 0.3) is 0 Å². The first-order valence-electron chi connectivity index (χ1n) is 10.4. The minimum atomic E-state index is -0.132. The molecule has 2 saturated carbocycles. The molecule has 0 spiro atoms. The van der Waals surface area contributed by atoms with E-state index in [2.05, 4.69) is 20.4 Å². The van der Waals surface area contributed by atoms with Crippen LogP contribution in [0.1, 0.15) is 42.7 Å². The third-order valence-electron chi connectivity index (χ3n) is 6.44. The third-order valence-corrected chi connectivity index (χ3v) is 6.44. The summed E-state index contributed by atoms with van der Waals surface area (Å²) >= 11 is 0. The van der Waals surface area contributed by atoms with Gasteiger partial charge in [0, 0.05) is 19.4 Å². The summed E-state index contributed by atoms with van der Waals surface area (Å²) in [5, 5.41) is 7.16. The van der Waals surface area contributed by atoms with Gasteiger partial charge in [-0.2, -0.15) is 4.98 Å². The number of para-hydroxylation sites is 1. The maximum atomic E-state index is 13.1. The number of amides is 1. The summed E-state index contributed by atoms with van der Waals surface area (Å²) in [4.78, 5) is 21.9. The molecule has 0 saturated heterocycles. The molecular weight excluding hydrogens is 382 g/mol. The summed E-state index contributed by atoms with van der Waals surface area (Å²) in [6, 6.07) is 9.55. The number of aryl methyl sites for hydroxylation is 1. The van der Waals surface area contributed by atoms with Crippen molar-refractivity contribution in [2.45, 2.75) is 38.3 Å². The lowest BCUT2D eigenvalue weighted by atomic mass is 9.78. The Balaban J connectivity index is 1.27. The molecule has 5 rings (SSSR count). The predicted molar refractivity (Wildman–Crippen MR) is 107 cm³/mol. The van der Waals surface area contributed by atoms with Crippen LogP contribution in [-0.4, -0.2) is 25.6 Å². The van der Waals surface area contributed by atoms with Gasteiger partial charge < -0.3 is 19.1 Å². The van der Waals surface area contributed by atoms with Gasteiger partial charge in [-0.15, -0.1) is 0 Å². The molecule has 0 unspecified atom stereocenters. The molecule has 2 fully saturated rings. The zero-order valence-electron chi connectivity index (χ0n) is 16.9. The molecule has 2 heterocycles. The Morgan fingerprint density at radius 2 is 2.10 bits per heavy atom. The molecule has 8 nitrogen and oxygen atoms in total. The van der Waals surface area contributed by atoms with Crippen molar-refractivity contribution in [3.8, 4) is 5.75 Å². The van der Waals surface area contributed by atoms with Crippen LogP contribution in [0.3, 0.4) is 0 Å². The maximum Gasteiger partial charge on any atom is 0.230 e. The number of carbonyl (C=O) groups is 1. The second-order valence-corrected chi connectivity index (χ2v) is 8.21. The predicted octanol–water partition coefficient (Wildman–Crippen LogP) is 2.83. The number of rotatable bonds is 7. The summed E-state index contributed by atoms with van der Waals surface area (Å²) in [7, 11) is 1.92. The number of ether oxygens (including phenoxy) is 1. The van der Waals surface area contributed by atoms with Gasteiger partial charge in [-0.3, -0.25) is 4.79 Å². The monoisotopic (exact) mass is 407 g/mol. The minimum absolute atomic E-state index is 0.0249. The van der Waals surface area contributed by atoms with Crippen molar-refractivity contribution in [3.63, 3.8) is 0 Å². The Morgan fingerprint density at radius 3 is 2.90 bits per heavy atom. The van der Waals surface area contributed by atoms with E-state index >= 15 is 0 Å². The minimum Gasteiger partial charge on any atom is -0.485 e. The number of carbonyl (C=O) groups excluding carboxylic acids is 1. The van der Waals surface area contributed by atoms with E-state index in [9.17, 15) is 4.79 Å². The molecule has 4 atom stereocenters. The first-order chi connectivity index (χ1) is 14.7. The normalized spacial score (nSPS) is 24.8. The lowest BCUT2D eigenvalue weighted by molar-refractivity contribution is -0.127. The van der Waals surface area contributed by atoms with Crippen molar-refractivity contribution in [3.05, 3.63) is 60.3 Å². The average Bonchev–Trinajstić information content (AvgIpc) is 3.55. The van der Waals surface area contributed by atoms with Gasteiger partial charge in [0.2, 0.25) is 17.6 Å². The first kappa shape index (κ1) is 18.8. The van der Waals surface area contributed by atoms with E-state index in [4.69, 9.17) is 9.26 Å². The summed E-state index contributed by atoms with van der Waals surface area (Å²) in [5.74, 6) is 3.34. The van der Waals surface area contributed by atoms with E-state index in [0.717, 1.165) is 30.8 Å². The van der Waals surface area contributed by atoms with Gasteiger partial charge in [-0.25, -0.2) is 4.98 Å².